The van der Waals surface area contributed by atoms with Crippen molar-refractivity contribution < 1.29 is 22.9 Å². The lowest BCUT2D eigenvalue weighted by molar-refractivity contribution is -0.384. The Morgan fingerprint density at radius 1 is 1.14 bits per heavy atom. The van der Waals surface area contributed by atoms with Crippen LogP contribution in [0.15, 0.2) is 82.8 Å². The lowest BCUT2D eigenvalue weighted by atomic mass is 10.2. The van der Waals surface area contributed by atoms with Gasteiger partial charge in [-0.25, -0.2) is 13.8 Å². The summed E-state index contributed by atoms with van der Waals surface area (Å²) in [5.74, 6) is -0.217. The molecular weight excluding hydrogens is 496 g/mol. The van der Waals surface area contributed by atoms with Crippen molar-refractivity contribution >= 4 is 45.1 Å². The van der Waals surface area contributed by atoms with E-state index in [9.17, 15) is 23.3 Å². The second-order valence-corrected chi connectivity index (χ2v) is 9.28. The van der Waals surface area contributed by atoms with Crippen LogP contribution in [0.2, 0.25) is 5.02 Å². The zero-order valence-electron chi connectivity index (χ0n) is 18.5. The Balaban J connectivity index is 1.81. The number of nitro groups is 1. The molecule has 3 aromatic rings. The number of anilines is 1. The van der Waals surface area contributed by atoms with Gasteiger partial charge >= 0.3 is 0 Å². The van der Waals surface area contributed by atoms with Crippen LogP contribution in [0.3, 0.4) is 0 Å². The Morgan fingerprint density at radius 2 is 1.83 bits per heavy atom. The average Bonchev–Trinajstić information content (AvgIpc) is 2.84. The van der Waals surface area contributed by atoms with Crippen molar-refractivity contribution in [3.05, 3.63) is 93.5 Å². The molecule has 0 heterocycles. The number of hydrazone groups is 1. The van der Waals surface area contributed by atoms with Gasteiger partial charge in [0.1, 0.15) is 12.3 Å². The third-order valence-corrected chi connectivity index (χ3v) is 6.77. The number of halogens is 1. The monoisotopic (exact) mass is 516 g/mol. The van der Waals surface area contributed by atoms with Crippen LogP contribution in [-0.2, 0) is 14.8 Å². The number of hydrogen-bond donors (Lipinski definition) is 1. The van der Waals surface area contributed by atoms with E-state index in [1.165, 1.54) is 42.5 Å². The molecule has 0 atom stereocenters. The van der Waals surface area contributed by atoms with Crippen molar-refractivity contribution in [3.63, 3.8) is 0 Å². The molecule has 0 fully saturated rings. The van der Waals surface area contributed by atoms with Crippen molar-refractivity contribution in [2.24, 2.45) is 5.10 Å². The van der Waals surface area contributed by atoms with E-state index >= 15 is 0 Å². The van der Waals surface area contributed by atoms with Crippen LogP contribution in [0.1, 0.15) is 12.5 Å². The number of ether oxygens (including phenoxy) is 1. The molecule has 0 aromatic heterocycles. The Kier molecular flexibility index (Phi) is 8.39. The second-order valence-electron chi connectivity index (χ2n) is 7.01. The fourth-order valence-electron chi connectivity index (χ4n) is 2.99. The van der Waals surface area contributed by atoms with E-state index in [1.807, 2.05) is 6.92 Å². The number of benzene rings is 3. The summed E-state index contributed by atoms with van der Waals surface area (Å²) in [5.41, 5.74) is 2.53. The van der Waals surface area contributed by atoms with E-state index in [0.29, 0.717) is 12.4 Å². The Labute approximate surface area is 207 Å². The van der Waals surface area contributed by atoms with E-state index in [4.69, 9.17) is 16.3 Å². The van der Waals surface area contributed by atoms with Crippen molar-refractivity contribution in [1.29, 1.82) is 0 Å². The smallest absolute Gasteiger partial charge is 0.270 e. The maximum atomic E-state index is 13.4. The van der Waals surface area contributed by atoms with Gasteiger partial charge in [-0.05, 0) is 49.4 Å². The normalized spacial score (nSPS) is 11.3. The SMILES string of the molecule is CCOc1ccc(S(=O)(=O)N(CC(=O)N/N=C\c2cc([N+](=O)[O-])ccc2Cl)c2ccccc2)cc1. The van der Waals surface area contributed by atoms with Crippen molar-refractivity contribution in [2.75, 3.05) is 17.5 Å². The molecule has 0 bridgehead atoms. The van der Waals surface area contributed by atoms with Gasteiger partial charge in [-0.1, -0.05) is 29.8 Å². The molecule has 0 spiro atoms. The second kappa shape index (κ2) is 11.4. The van der Waals surface area contributed by atoms with E-state index < -0.39 is 27.4 Å². The molecule has 35 heavy (non-hydrogen) atoms. The largest absolute Gasteiger partial charge is 0.494 e. The van der Waals surface area contributed by atoms with Gasteiger partial charge in [0.05, 0.1) is 28.3 Å². The topological polar surface area (TPSA) is 131 Å². The van der Waals surface area contributed by atoms with E-state index in [0.717, 1.165) is 10.5 Å². The standard InChI is InChI=1S/C23H21ClN4O6S/c1-2-34-20-9-11-21(12-10-20)35(32,33)27(18-6-4-3-5-7-18)16-23(29)26-25-15-17-14-19(28(30)31)8-13-22(17)24/h3-15H,2,16H2,1H3,(H,26,29)/b25-15-. The highest BCUT2D eigenvalue weighted by atomic mass is 35.5. The lowest BCUT2D eigenvalue weighted by Crippen LogP contribution is -2.39. The third kappa shape index (κ3) is 6.55. The Bertz CT molecular complexity index is 1330. The molecule has 0 radical (unpaired) electrons. The minimum atomic E-state index is -4.11. The molecule has 3 rings (SSSR count). The van der Waals surface area contributed by atoms with Gasteiger partial charge in [0.25, 0.3) is 21.6 Å². The molecule has 0 unspecified atom stereocenters. The molecule has 0 saturated heterocycles. The predicted octanol–water partition coefficient (Wildman–Crippen LogP) is 3.99. The quantitative estimate of drug-likeness (QED) is 0.246. The van der Waals surface area contributed by atoms with E-state index in [-0.39, 0.29) is 26.9 Å². The molecule has 0 aliphatic rings. The molecule has 1 amide bonds. The van der Waals surface area contributed by atoms with Gasteiger partial charge < -0.3 is 4.74 Å². The number of nitro benzene ring substituents is 1. The summed E-state index contributed by atoms with van der Waals surface area (Å²) in [4.78, 5) is 22.9. The van der Waals surface area contributed by atoms with E-state index in [2.05, 4.69) is 10.5 Å². The summed E-state index contributed by atoms with van der Waals surface area (Å²) in [6.45, 7) is 1.68. The first-order chi connectivity index (χ1) is 16.7. The molecule has 0 aliphatic carbocycles. The first kappa shape index (κ1) is 25.7. The highest BCUT2D eigenvalue weighted by Crippen LogP contribution is 2.25. The average molecular weight is 517 g/mol. The van der Waals surface area contributed by atoms with Gasteiger partial charge in [-0.2, -0.15) is 5.10 Å². The number of amides is 1. The number of carbonyl (C=O) groups excluding carboxylic acids is 1. The number of carbonyl (C=O) groups is 1. The molecule has 12 heteroatoms. The van der Waals surface area contributed by atoms with Gasteiger partial charge in [-0.3, -0.25) is 19.2 Å². The number of sulfonamides is 1. The van der Waals surface area contributed by atoms with Crippen LogP contribution in [0.25, 0.3) is 0 Å². The molecular formula is C23H21ClN4O6S. The number of hydrogen-bond acceptors (Lipinski definition) is 7. The van der Waals surface area contributed by atoms with Gasteiger partial charge in [0.15, 0.2) is 0 Å². The zero-order valence-corrected chi connectivity index (χ0v) is 20.1. The summed E-state index contributed by atoms with van der Waals surface area (Å²) in [6, 6.07) is 17.8. The lowest BCUT2D eigenvalue weighted by Gasteiger charge is -2.23. The Hall–Kier alpha value is -3.96. The molecule has 182 valence electrons. The fraction of sp³-hybridized carbons (Fsp3) is 0.130. The van der Waals surface area contributed by atoms with E-state index in [1.54, 1.807) is 30.3 Å². The third-order valence-electron chi connectivity index (χ3n) is 4.64. The number of rotatable bonds is 10. The minimum Gasteiger partial charge on any atom is -0.494 e. The first-order valence-electron chi connectivity index (χ1n) is 10.3. The molecule has 0 saturated carbocycles. The highest BCUT2D eigenvalue weighted by molar-refractivity contribution is 7.92. The summed E-state index contributed by atoms with van der Waals surface area (Å²) >= 11 is 6.02. The number of nitrogens with zero attached hydrogens (tertiary/aromatic N) is 3. The number of para-hydroxylation sites is 1. The van der Waals surface area contributed by atoms with Gasteiger partial charge in [0.2, 0.25) is 0 Å². The van der Waals surface area contributed by atoms with Crippen molar-refractivity contribution in [1.82, 2.24) is 5.43 Å². The first-order valence-corrected chi connectivity index (χ1v) is 12.1. The van der Waals surface area contributed by atoms with Crippen molar-refractivity contribution in [2.45, 2.75) is 11.8 Å². The van der Waals surface area contributed by atoms with Crippen LogP contribution in [0.5, 0.6) is 5.75 Å². The summed E-state index contributed by atoms with van der Waals surface area (Å²) in [5, 5.41) is 14.9. The molecule has 0 aliphatic heterocycles. The van der Waals surface area contributed by atoms with Crippen LogP contribution >= 0.6 is 11.6 Å². The minimum absolute atomic E-state index is 0.0236. The van der Waals surface area contributed by atoms with Crippen LogP contribution < -0.4 is 14.5 Å². The molecule has 10 nitrogen and oxygen atoms in total. The zero-order chi connectivity index (χ0) is 25.4. The summed E-state index contributed by atoms with van der Waals surface area (Å²) in [6.07, 6.45) is 1.14. The fourth-order valence-corrected chi connectivity index (χ4v) is 4.58. The molecule has 1 N–H and O–H groups in total. The van der Waals surface area contributed by atoms with Crippen LogP contribution in [0.4, 0.5) is 11.4 Å². The predicted molar refractivity (Wildman–Crippen MR) is 132 cm³/mol. The van der Waals surface area contributed by atoms with Gasteiger partial charge in [-0.15, -0.1) is 0 Å². The number of non-ortho nitro benzene ring substituents is 1. The van der Waals surface area contributed by atoms with Gasteiger partial charge in [0, 0.05) is 22.7 Å². The maximum absolute atomic E-state index is 13.4. The molecule has 3 aromatic carbocycles. The number of nitrogens with one attached hydrogen (secondary N) is 1. The van der Waals surface area contributed by atoms with Crippen LogP contribution in [0, 0.1) is 10.1 Å². The van der Waals surface area contributed by atoms with Crippen molar-refractivity contribution in [3.8, 4) is 5.75 Å². The summed E-state index contributed by atoms with van der Waals surface area (Å²) in [7, 11) is -4.11. The highest BCUT2D eigenvalue weighted by Gasteiger charge is 2.27. The summed E-state index contributed by atoms with van der Waals surface area (Å²) < 4.78 is 33.0. The maximum Gasteiger partial charge on any atom is 0.270 e. The Morgan fingerprint density at radius 3 is 2.46 bits per heavy atom. The van der Waals surface area contributed by atoms with Crippen LogP contribution in [-0.4, -0.2) is 38.6 Å².